The summed E-state index contributed by atoms with van der Waals surface area (Å²) in [6, 6.07) is 7.68. The van der Waals surface area contributed by atoms with Gasteiger partial charge in [0, 0.05) is 30.5 Å². The van der Waals surface area contributed by atoms with Gasteiger partial charge in [-0.1, -0.05) is 12.1 Å². The zero-order valence-corrected chi connectivity index (χ0v) is 13.4. The van der Waals surface area contributed by atoms with E-state index in [2.05, 4.69) is 15.5 Å². The second-order valence-corrected chi connectivity index (χ2v) is 5.72. The number of H-pyrrole nitrogens is 1. The van der Waals surface area contributed by atoms with Gasteiger partial charge in [0.1, 0.15) is 0 Å². The van der Waals surface area contributed by atoms with Gasteiger partial charge >= 0.3 is 0 Å². The van der Waals surface area contributed by atoms with Gasteiger partial charge in [-0.3, -0.25) is 9.89 Å². The van der Waals surface area contributed by atoms with Gasteiger partial charge in [0.05, 0.1) is 24.9 Å². The van der Waals surface area contributed by atoms with Crippen LogP contribution in [0.2, 0.25) is 0 Å². The van der Waals surface area contributed by atoms with E-state index in [1.807, 2.05) is 31.2 Å². The molecule has 0 spiro atoms. The predicted octanol–water partition coefficient (Wildman–Crippen LogP) is 2.05. The van der Waals surface area contributed by atoms with E-state index in [1.54, 1.807) is 7.11 Å². The van der Waals surface area contributed by atoms with Crippen molar-refractivity contribution in [1.29, 1.82) is 0 Å². The molecule has 0 bridgehead atoms. The minimum Gasteiger partial charge on any atom is -0.379 e. The third-order valence-corrected chi connectivity index (χ3v) is 3.98. The fourth-order valence-electron chi connectivity index (χ4n) is 2.84. The largest absolute Gasteiger partial charge is 0.379 e. The van der Waals surface area contributed by atoms with E-state index < -0.39 is 0 Å². The molecule has 1 amide bonds. The summed E-state index contributed by atoms with van der Waals surface area (Å²) in [5, 5.41) is 10.3. The maximum Gasteiger partial charge on any atom is 0.251 e. The smallest absolute Gasteiger partial charge is 0.251 e. The van der Waals surface area contributed by atoms with Crippen LogP contribution in [0.3, 0.4) is 0 Å². The van der Waals surface area contributed by atoms with Gasteiger partial charge < -0.3 is 14.8 Å². The second kappa shape index (κ2) is 6.93. The lowest BCUT2D eigenvalue weighted by molar-refractivity contribution is 0.0930. The molecule has 1 saturated heterocycles. The quantitative estimate of drug-likeness (QED) is 0.885. The molecule has 0 saturated carbocycles. The molecule has 1 aliphatic heterocycles. The molecule has 1 aromatic carbocycles. The Morgan fingerprint density at radius 2 is 2.39 bits per heavy atom. The highest BCUT2D eigenvalue weighted by Gasteiger charge is 2.19. The topological polar surface area (TPSA) is 76.2 Å². The van der Waals surface area contributed by atoms with Crippen molar-refractivity contribution in [3.8, 4) is 11.1 Å². The van der Waals surface area contributed by atoms with E-state index in [4.69, 9.17) is 9.47 Å². The Morgan fingerprint density at radius 3 is 3.13 bits per heavy atom. The molecule has 6 nitrogen and oxygen atoms in total. The summed E-state index contributed by atoms with van der Waals surface area (Å²) in [5.41, 5.74) is 4.38. The van der Waals surface area contributed by atoms with Crippen LogP contribution in [-0.2, 0) is 16.1 Å². The number of ether oxygens (including phenoxy) is 2. The highest BCUT2D eigenvalue weighted by molar-refractivity contribution is 5.95. The molecule has 1 atom stereocenters. The molecule has 1 unspecified atom stereocenters. The fourth-order valence-corrected chi connectivity index (χ4v) is 2.84. The van der Waals surface area contributed by atoms with Crippen molar-refractivity contribution >= 4 is 5.91 Å². The molecule has 1 fully saturated rings. The Labute approximate surface area is 135 Å². The number of benzene rings is 1. The summed E-state index contributed by atoms with van der Waals surface area (Å²) in [4.78, 5) is 12.4. The summed E-state index contributed by atoms with van der Waals surface area (Å²) < 4.78 is 10.5. The minimum absolute atomic E-state index is 0.0724. The number of hydrogen-bond acceptors (Lipinski definition) is 4. The van der Waals surface area contributed by atoms with E-state index in [0.717, 1.165) is 28.9 Å². The Bertz CT molecular complexity index is 690. The number of aromatic amines is 1. The number of rotatable bonds is 5. The first kappa shape index (κ1) is 15.7. The Kier molecular flexibility index (Phi) is 4.73. The van der Waals surface area contributed by atoms with Gasteiger partial charge in [0.15, 0.2) is 0 Å². The lowest BCUT2D eigenvalue weighted by atomic mass is 10.0. The van der Waals surface area contributed by atoms with Gasteiger partial charge in [-0.2, -0.15) is 5.10 Å². The van der Waals surface area contributed by atoms with Gasteiger partial charge in [-0.15, -0.1) is 0 Å². The maximum absolute atomic E-state index is 12.4. The van der Waals surface area contributed by atoms with E-state index in [0.29, 0.717) is 25.4 Å². The van der Waals surface area contributed by atoms with E-state index in [-0.39, 0.29) is 11.9 Å². The van der Waals surface area contributed by atoms with Crippen molar-refractivity contribution in [2.45, 2.75) is 26.0 Å². The highest BCUT2D eigenvalue weighted by atomic mass is 16.5. The standard InChI is InChI=1S/C17H21N3O3/c1-11-16(15(10-22-2)20-19-11)12-4-3-5-13(8-12)17(21)18-14-6-7-23-9-14/h3-5,8,14H,6-7,9-10H2,1-2H3,(H,18,21)(H,19,20). The number of amides is 1. The SMILES string of the molecule is COCc1n[nH]c(C)c1-c1cccc(C(=O)NC2CCOC2)c1. The minimum atomic E-state index is -0.0724. The molecule has 2 heterocycles. The van der Waals surface area contributed by atoms with Crippen molar-refractivity contribution in [2.75, 3.05) is 20.3 Å². The van der Waals surface area contributed by atoms with Crippen LogP contribution in [0.5, 0.6) is 0 Å². The summed E-state index contributed by atoms with van der Waals surface area (Å²) in [6.07, 6.45) is 0.865. The summed E-state index contributed by atoms with van der Waals surface area (Å²) in [6.45, 7) is 3.68. The normalized spacial score (nSPS) is 17.4. The average molecular weight is 315 g/mol. The molecular formula is C17H21N3O3. The number of carbonyl (C=O) groups is 1. The van der Waals surface area contributed by atoms with Crippen LogP contribution in [-0.4, -0.2) is 42.5 Å². The van der Waals surface area contributed by atoms with Gasteiger partial charge in [-0.05, 0) is 31.0 Å². The van der Waals surface area contributed by atoms with E-state index in [9.17, 15) is 4.79 Å². The monoisotopic (exact) mass is 315 g/mol. The molecule has 2 aromatic rings. The molecule has 1 aliphatic rings. The highest BCUT2D eigenvalue weighted by Crippen LogP contribution is 2.27. The van der Waals surface area contributed by atoms with Crippen LogP contribution >= 0.6 is 0 Å². The third kappa shape index (κ3) is 3.43. The number of nitrogens with one attached hydrogen (secondary N) is 2. The number of methoxy groups -OCH3 is 1. The lowest BCUT2D eigenvalue weighted by Crippen LogP contribution is -2.34. The van der Waals surface area contributed by atoms with E-state index in [1.165, 1.54) is 0 Å². The Hall–Kier alpha value is -2.18. The molecule has 2 N–H and O–H groups in total. The molecule has 1 aromatic heterocycles. The number of aryl methyl sites for hydroxylation is 1. The zero-order chi connectivity index (χ0) is 16.2. The van der Waals surface area contributed by atoms with Crippen molar-refractivity contribution in [1.82, 2.24) is 15.5 Å². The maximum atomic E-state index is 12.4. The molecule has 6 heteroatoms. The molecule has 122 valence electrons. The van der Waals surface area contributed by atoms with Crippen LogP contribution in [0.15, 0.2) is 24.3 Å². The molecular weight excluding hydrogens is 294 g/mol. The Balaban J connectivity index is 1.85. The predicted molar refractivity (Wildman–Crippen MR) is 86.2 cm³/mol. The lowest BCUT2D eigenvalue weighted by Gasteiger charge is -2.11. The number of hydrogen-bond donors (Lipinski definition) is 2. The van der Waals surface area contributed by atoms with Gasteiger partial charge in [0.25, 0.3) is 5.91 Å². The second-order valence-electron chi connectivity index (χ2n) is 5.72. The summed E-state index contributed by atoms with van der Waals surface area (Å²) in [7, 11) is 1.64. The molecule has 23 heavy (non-hydrogen) atoms. The zero-order valence-electron chi connectivity index (χ0n) is 13.4. The van der Waals surface area contributed by atoms with Gasteiger partial charge in [0.2, 0.25) is 0 Å². The number of aromatic nitrogens is 2. The van der Waals surface area contributed by atoms with Crippen molar-refractivity contribution < 1.29 is 14.3 Å². The third-order valence-electron chi connectivity index (χ3n) is 3.98. The molecule has 0 aliphatic carbocycles. The van der Waals surface area contributed by atoms with Crippen LogP contribution in [0.25, 0.3) is 11.1 Å². The summed E-state index contributed by atoms with van der Waals surface area (Å²) in [5.74, 6) is -0.0724. The molecule has 3 rings (SSSR count). The van der Waals surface area contributed by atoms with Crippen molar-refractivity contribution in [3.63, 3.8) is 0 Å². The Morgan fingerprint density at radius 1 is 1.52 bits per heavy atom. The first-order chi connectivity index (χ1) is 11.2. The van der Waals surface area contributed by atoms with Gasteiger partial charge in [-0.25, -0.2) is 0 Å². The number of carbonyl (C=O) groups excluding carboxylic acids is 1. The van der Waals surface area contributed by atoms with Crippen LogP contribution in [0, 0.1) is 6.92 Å². The number of nitrogens with zero attached hydrogens (tertiary/aromatic N) is 1. The fraction of sp³-hybridized carbons (Fsp3) is 0.412. The van der Waals surface area contributed by atoms with Crippen molar-refractivity contribution in [2.24, 2.45) is 0 Å². The molecule has 0 radical (unpaired) electrons. The van der Waals surface area contributed by atoms with E-state index >= 15 is 0 Å². The summed E-state index contributed by atoms with van der Waals surface area (Å²) >= 11 is 0. The average Bonchev–Trinajstić information content (AvgIpc) is 3.18. The van der Waals surface area contributed by atoms with Crippen molar-refractivity contribution in [3.05, 3.63) is 41.2 Å². The van der Waals surface area contributed by atoms with Crippen LogP contribution in [0.4, 0.5) is 0 Å². The van der Waals surface area contributed by atoms with Crippen LogP contribution in [0.1, 0.15) is 28.2 Å². The van der Waals surface area contributed by atoms with Crippen LogP contribution < -0.4 is 5.32 Å². The first-order valence-corrected chi connectivity index (χ1v) is 7.71. The first-order valence-electron chi connectivity index (χ1n) is 7.71.